The maximum Gasteiger partial charge on any atom is 0.408 e. The SMILES string of the molecule is Cc1ccc(C(C(=O)Nc2c(C)cccc2Cl)N(C(=O)C(Cc2ccccc2)NC(=O)OC(C)(C)C)C(C)CCC(C)C)c(C)c1. The van der Waals surface area contributed by atoms with Crippen LogP contribution >= 0.6 is 11.6 Å². The first-order chi connectivity index (χ1) is 21.6. The third-order valence-electron chi connectivity index (χ3n) is 7.88. The van der Waals surface area contributed by atoms with Gasteiger partial charge in [0.05, 0.1) is 10.7 Å². The number of benzene rings is 3. The van der Waals surface area contributed by atoms with Crippen molar-refractivity contribution in [2.45, 2.75) is 105 Å². The van der Waals surface area contributed by atoms with Crippen molar-refractivity contribution in [3.63, 3.8) is 0 Å². The number of alkyl carbamates (subject to hydrolysis) is 1. The second kappa shape index (κ2) is 16.1. The van der Waals surface area contributed by atoms with Crippen LogP contribution in [0, 0.1) is 26.7 Å². The minimum atomic E-state index is -1.01. The van der Waals surface area contributed by atoms with E-state index in [1.807, 2.05) is 88.4 Å². The first kappa shape index (κ1) is 36.6. The predicted octanol–water partition coefficient (Wildman–Crippen LogP) is 8.73. The van der Waals surface area contributed by atoms with Crippen molar-refractivity contribution in [2.75, 3.05) is 5.32 Å². The summed E-state index contributed by atoms with van der Waals surface area (Å²) >= 11 is 6.56. The molecule has 3 atom stereocenters. The Morgan fingerprint density at radius 2 is 1.54 bits per heavy atom. The Kier molecular flexibility index (Phi) is 12.8. The van der Waals surface area contributed by atoms with Gasteiger partial charge in [-0.2, -0.15) is 0 Å². The molecule has 46 heavy (non-hydrogen) atoms. The zero-order valence-electron chi connectivity index (χ0n) is 28.7. The summed E-state index contributed by atoms with van der Waals surface area (Å²) in [5.74, 6) is -0.371. The van der Waals surface area contributed by atoms with Crippen molar-refractivity contribution in [2.24, 2.45) is 5.92 Å². The van der Waals surface area contributed by atoms with E-state index in [0.29, 0.717) is 28.6 Å². The molecule has 8 heteroatoms. The van der Waals surface area contributed by atoms with E-state index in [9.17, 15) is 14.4 Å². The monoisotopic (exact) mass is 647 g/mol. The third kappa shape index (κ3) is 10.3. The van der Waals surface area contributed by atoms with Crippen LogP contribution in [0.2, 0.25) is 5.02 Å². The topological polar surface area (TPSA) is 87.7 Å². The molecule has 248 valence electrons. The fourth-order valence-corrected chi connectivity index (χ4v) is 5.79. The number of amides is 3. The summed E-state index contributed by atoms with van der Waals surface area (Å²) in [6, 6.07) is 18.5. The van der Waals surface area contributed by atoms with Gasteiger partial charge in [-0.1, -0.05) is 91.7 Å². The Morgan fingerprint density at radius 1 is 0.870 bits per heavy atom. The lowest BCUT2D eigenvalue weighted by Gasteiger charge is -2.39. The lowest BCUT2D eigenvalue weighted by atomic mass is 9.93. The molecule has 0 fully saturated rings. The van der Waals surface area contributed by atoms with Crippen molar-refractivity contribution < 1.29 is 19.1 Å². The standard InChI is InChI=1S/C38H50ClN3O4/c1-24(2)18-20-28(6)42(36(44)32(23-29-15-11-10-12-16-29)40-37(45)46-38(7,8)9)34(30-21-19-25(3)22-27(30)5)35(43)41-33-26(4)14-13-17-31(33)39/h10-17,19,21-22,24,28,32,34H,18,20,23H2,1-9H3,(H,40,45)(H,41,43). The van der Waals surface area contributed by atoms with E-state index < -0.39 is 23.8 Å². The molecule has 2 N–H and O–H groups in total. The normalized spacial score (nSPS) is 13.5. The summed E-state index contributed by atoms with van der Waals surface area (Å²) < 4.78 is 5.59. The molecule has 0 saturated heterocycles. The van der Waals surface area contributed by atoms with E-state index >= 15 is 0 Å². The van der Waals surface area contributed by atoms with E-state index in [1.54, 1.807) is 31.7 Å². The maximum atomic E-state index is 15.0. The van der Waals surface area contributed by atoms with Crippen LogP contribution in [-0.2, 0) is 20.7 Å². The molecule has 3 aromatic rings. The Labute approximate surface area is 280 Å². The number of aryl methyl sites for hydroxylation is 3. The molecule has 3 unspecified atom stereocenters. The Balaban J connectivity index is 2.20. The van der Waals surface area contributed by atoms with E-state index in [4.69, 9.17) is 16.3 Å². The van der Waals surface area contributed by atoms with E-state index in [1.165, 1.54) is 0 Å². The van der Waals surface area contributed by atoms with Gasteiger partial charge in [0, 0.05) is 12.5 Å². The fourth-order valence-electron chi connectivity index (χ4n) is 5.52. The van der Waals surface area contributed by atoms with Crippen LogP contribution in [0.5, 0.6) is 0 Å². The van der Waals surface area contributed by atoms with Crippen LogP contribution in [0.3, 0.4) is 0 Å². The molecular weight excluding hydrogens is 598 g/mol. The van der Waals surface area contributed by atoms with Crippen LogP contribution in [0.15, 0.2) is 66.7 Å². The van der Waals surface area contributed by atoms with Crippen molar-refractivity contribution in [3.8, 4) is 0 Å². The van der Waals surface area contributed by atoms with Gasteiger partial charge in [0.1, 0.15) is 17.7 Å². The van der Waals surface area contributed by atoms with Crippen molar-refractivity contribution >= 4 is 35.2 Å². The predicted molar refractivity (Wildman–Crippen MR) is 187 cm³/mol. The number of rotatable bonds is 12. The Bertz CT molecular complexity index is 1480. The fraction of sp³-hybridized carbons (Fsp3) is 0.447. The highest BCUT2D eigenvalue weighted by Gasteiger charge is 2.40. The summed E-state index contributed by atoms with van der Waals surface area (Å²) in [4.78, 5) is 44.3. The molecule has 0 aliphatic heterocycles. The first-order valence-electron chi connectivity index (χ1n) is 16.1. The van der Waals surface area contributed by atoms with Gasteiger partial charge in [0.15, 0.2) is 0 Å². The van der Waals surface area contributed by atoms with Crippen LogP contribution in [0.25, 0.3) is 0 Å². The average molecular weight is 648 g/mol. The zero-order valence-corrected chi connectivity index (χ0v) is 29.5. The molecule has 0 aliphatic carbocycles. The van der Waals surface area contributed by atoms with Gasteiger partial charge in [-0.3, -0.25) is 9.59 Å². The largest absolute Gasteiger partial charge is 0.444 e. The molecule has 7 nitrogen and oxygen atoms in total. The molecule has 0 aromatic heterocycles. The van der Waals surface area contributed by atoms with Crippen LogP contribution < -0.4 is 10.6 Å². The van der Waals surface area contributed by atoms with Gasteiger partial charge >= 0.3 is 6.09 Å². The maximum absolute atomic E-state index is 15.0. The molecule has 3 amide bonds. The molecule has 3 rings (SSSR count). The van der Waals surface area contributed by atoms with Crippen molar-refractivity contribution in [1.82, 2.24) is 10.2 Å². The number of anilines is 1. The number of ether oxygens (including phenoxy) is 1. The third-order valence-corrected chi connectivity index (χ3v) is 8.19. The van der Waals surface area contributed by atoms with Crippen molar-refractivity contribution in [1.29, 1.82) is 0 Å². The second-order valence-corrected chi connectivity index (χ2v) is 14.0. The van der Waals surface area contributed by atoms with Crippen LogP contribution in [-0.4, -0.2) is 40.5 Å². The number of carbonyl (C=O) groups is 3. The number of para-hydroxylation sites is 1. The van der Waals surface area contributed by atoms with E-state index in [0.717, 1.165) is 28.7 Å². The smallest absolute Gasteiger partial charge is 0.408 e. The van der Waals surface area contributed by atoms with Crippen LogP contribution in [0.4, 0.5) is 10.5 Å². The van der Waals surface area contributed by atoms with Gasteiger partial charge in [-0.25, -0.2) is 4.79 Å². The highest BCUT2D eigenvalue weighted by Crippen LogP contribution is 2.33. The minimum Gasteiger partial charge on any atom is -0.444 e. The number of carbonyl (C=O) groups excluding carboxylic acids is 3. The Morgan fingerprint density at radius 3 is 2.13 bits per heavy atom. The lowest BCUT2D eigenvalue weighted by molar-refractivity contribution is -0.143. The van der Waals surface area contributed by atoms with Gasteiger partial charge in [-0.05, 0) is 95.5 Å². The average Bonchev–Trinajstić information content (AvgIpc) is 2.96. The molecule has 0 spiro atoms. The van der Waals surface area contributed by atoms with E-state index in [-0.39, 0.29) is 24.3 Å². The highest BCUT2D eigenvalue weighted by molar-refractivity contribution is 6.34. The number of nitrogens with one attached hydrogen (secondary N) is 2. The van der Waals surface area contributed by atoms with Gasteiger partial charge in [-0.15, -0.1) is 0 Å². The molecule has 0 aliphatic rings. The van der Waals surface area contributed by atoms with Gasteiger partial charge in [0.25, 0.3) is 5.91 Å². The Hall–Kier alpha value is -3.84. The summed E-state index contributed by atoms with van der Waals surface area (Å²) in [5.41, 5.74) is 4.03. The second-order valence-electron chi connectivity index (χ2n) is 13.6. The first-order valence-corrected chi connectivity index (χ1v) is 16.4. The molecular formula is C38H50ClN3O4. The molecule has 0 radical (unpaired) electrons. The zero-order chi connectivity index (χ0) is 34.2. The molecule has 3 aromatic carbocycles. The summed E-state index contributed by atoms with van der Waals surface area (Å²) in [5, 5.41) is 6.32. The van der Waals surface area contributed by atoms with Gasteiger partial charge in [0.2, 0.25) is 5.91 Å². The molecule has 0 saturated carbocycles. The summed E-state index contributed by atoms with van der Waals surface area (Å²) in [6.45, 7) is 17.4. The number of hydrogen-bond donors (Lipinski definition) is 2. The number of nitrogens with zero attached hydrogens (tertiary/aromatic N) is 1. The quantitative estimate of drug-likeness (QED) is 0.206. The summed E-state index contributed by atoms with van der Waals surface area (Å²) in [7, 11) is 0. The minimum absolute atomic E-state index is 0.219. The van der Waals surface area contributed by atoms with Crippen LogP contribution in [0.1, 0.15) is 88.2 Å². The number of hydrogen-bond acceptors (Lipinski definition) is 4. The summed E-state index contributed by atoms with van der Waals surface area (Å²) in [6.07, 6.45) is 1.03. The van der Waals surface area contributed by atoms with Crippen molar-refractivity contribution in [3.05, 3.63) is 99.6 Å². The highest BCUT2D eigenvalue weighted by atomic mass is 35.5. The van der Waals surface area contributed by atoms with Gasteiger partial charge < -0.3 is 20.3 Å². The lowest BCUT2D eigenvalue weighted by Crippen LogP contribution is -2.55. The van der Waals surface area contributed by atoms with E-state index in [2.05, 4.69) is 24.5 Å². The molecule has 0 heterocycles. The number of halogens is 1. The molecule has 0 bridgehead atoms.